The van der Waals surface area contributed by atoms with Gasteiger partial charge in [0.05, 0.1) is 6.07 Å². The summed E-state index contributed by atoms with van der Waals surface area (Å²) < 4.78 is 0. The molecule has 1 aliphatic carbocycles. The van der Waals surface area contributed by atoms with Gasteiger partial charge < -0.3 is 5.11 Å². The highest BCUT2D eigenvalue weighted by molar-refractivity contribution is 5.09. The Hall–Kier alpha value is -0.550. The predicted molar refractivity (Wildman–Crippen MR) is 38.1 cm³/mol. The minimum atomic E-state index is -0.977. The minimum absolute atomic E-state index is 0.560. The molecule has 0 heterocycles. The standard InChI is InChI=1S/C8H13NO/c1-6(2)7-3-8(10,4-7)5-9/h6-7,10H,3-4H2,1-2H3. The van der Waals surface area contributed by atoms with Gasteiger partial charge in [0, 0.05) is 0 Å². The number of nitrogens with zero attached hydrogens (tertiary/aromatic N) is 1. The summed E-state index contributed by atoms with van der Waals surface area (Å²) in [5, 5.41) is 17.7. The van der Waals surface area contributed by atoms with Crippen LogP contribution in [-0.2, 0) is 0 Å². The maximum atomic E-state index is 9.28. The van der Waals surface area contributed by atoms with Gasteiger partial charge in [0.1, 0.15) is 0 Å². The van der Waals surface area contributed by atoms with Gasteiger partial charge in [-0.15, -0.1) is 0 Å². The van der Waals surface area contributed by atoms with Crippen LogP contribution >= 0.6 is 0 Å². The summed E-state index contributed by atoms with van der Waals surface area (Å²) in [7, 11) is 0. The maximum Gasteiger partial charge on any atom is 0.151 e. The van der Waals surface area contributed by atoms with Crippen LogP contribution in [0.1, 0.15) is 26.7 Å². The molecule has 0 aromatic rings. The molecule has 0 aromatic heterocycles. The molecule has 1 aliphatic rings. The van der Waals surface area contributed by atoms with Crippen molar-refractivity contribution in [2.75, 3.05) is 0 Å². The smallest absolute Gasteiger partial charge is 0.151 e. The van der Waals surface area contributed by atoms with Gasteiger partial charge in [0.15, 0.2) is 5.60 Å². The van der Waals surface area contributed by atoms with Crippen LogP contribution in [0.5, 0.6) is 0 Å². The summed E-state index contributed by atoms with van der Waals surface area (Å²) in [6.07, 6.45) is 1.34. The molecule has 0 unspecified atom stereocenters. The van der Waals surface area contributed by atoms with Crippen LogP contribution < -0.4 is 0 Å². The predicted octanol–water partition coefficient (Wildman–Crippen LogP) is 1.31. The van der Waals surface area contributed by atoms with Crippen molar-refractivity contribution in [3.05, 3.63) is 0 Å². The fraction of sp³-hybridized carbons (Fsp3) is 0.875. The Labute approximate surface area is 61.5 Å². The van der Waals surface area contributed by atoms with Crippen molar-refractivity contribution >= 4 is 0 Å². The normalized spacial score (nSPS) is 38.9. The molecule has 10 heavy (non-hydrogen) atoms. The quantitative estimate of drug-likeness (QED) is 0.556. The Morgan fingerprint density at radius 1 is 1.60 bits per heavy atom. The van der Waals surface area contributed by atoms with Crippen molar-refractivity contribution in [2.24, 2.45) is 11.8 Å². The summed E-state index contributed by atoms with van der Waals surface area (Å²) in [6.45, 7) is 4.25. The molecule has 0 bridgehead atoms. The van der Waals surface area contributed by atoms with E-state index in [4.69, 9.17) is 5.26 Å². The van der Waals surface area contributed by atoms with E-state index in [-0.39, 0.29) is 0 Å². The van der Waals surface area contributed by atoms with E-state index in [0.717, 1.165) is 0 Å². The largest absolute Gasteiger partial charge is 0.375 e. The van der Waals surface area contributed by atoms with Gasteiger partial charge >= 0.3 is 0 Å². The van der Waals surface area contributed by atoms with Crippen molar-refractivity contribution in [3.8, 4) is 6.07 Å². The van der Waals surface area contributed by atoms with E-state index in [0.29, 0.717) is 24.7 Å². The second-order valence-electron chi connectivity index (χ2n) is 3.56. The van der Waals surface area contributed by atoms with E-state index in [9.17, 15) is 5.11 Å². The molecule has 0 radical (unpaired) electrons. The molecule has 0 aromatic carbocycles. The summed E-state index contributed by atoms with van der Waals surface area (Å²) in [4.78, 5) is 0. The molecular formula is C8H13NO. The molecule has 2 nitrogen and oxygen atoms in total. The third kappa shape index (κ3) is 1.15. The van der Waals surface area contributed by atoms with E-state index in [1.54, 1.807) is 0 Å². The van der Waals surface area contributed by atoms with Crippen molar-refractivity contribution < 1.29 is 5.11 Å². The second kappa shape index (κ2) is 2.25. The maximum absolute atomic E-state index is 9.28. The van der Waals surface area contributed by atoms with Crippen LogP contribution in [0.3, 0.4) is 0 Å². The Kier molecular flexibility index (Phi) is 1.70. The molecular weight excluding hydrogens is 126 g/mol. The fourth-order valence-electron chi connectivity index (χ4n) is 1.37. The number of rotatable bonds is 1. The highest BCUT2D eigenvalue weighted by atomic mass is 16.3. The molecule has 2 heteroatoms. The van der Waals surface area contributed by atoms with E-state index in [2.05, 4.69) is 13.8 Å². The monoisotopic (exact) mass is 139 g/mol. The zero-order valence-corrected chi connectivity index (χ0v) is 6.46. The number of nitriles is 1. The lowest BCUT2D eigenvalue weighted by Crippen LogP contribution is -2.44. The van der Waals surface area contributed by atoms with E-state index in [1.807, 2.05) is 6.07 Å². The lowest BCUT2D eigenvalue weighted by molar-refractivity contribution is -0.0402. The molecule has 0 aliphatic heterocycles. The third-order valence-electron chi connectivity index (χ3n) is 2.35. The highest BCUT2D eigenvalue weighted by Crippen LogP contribution is 2.41. The lowest BCUT2D eigenvalue weighted by atomic mass is 9.67. The number of hydrogen-bond donors (Lipinski definition) is 1. The van der Waals surface area contributed by atoms with E-state index in [1.165, 1.54) is 0 Å². The van der Waals surface area contributed by atoms with Crippen molar-refractivity contribution in [1.82, 2.24) is 0 Å². The molecule has 1 saturated carbocycles. The first-order valence-electron chi connectivity index (χ1n) is 3.71. The first-order chi connectivity index (χ1) is 4.57. The summed E-state index contributed by atoms with van der Waals surface area (Å²) >= 11 is 0. The van der Waals surface area contributed by atoms with E-state index < -0.39 is 5.60 Å². The Bertz CT molecular complexity index is 163. The van der Waals surface area contributed by atoms with Crippen molar-refractivity contribution in [2.45, 2.75) is 32.3 Å². The summed E-state index contributed by atoms with van der Waals surface area (Å²) in [6, 6.07) is 1.92. The first kappa shape index (κ1) is 7.56. The van der Waals surface area contributed by atoms with Crippen LogP contribution in [0.2, 0.25) is 0 Å². The number of aliphatic hydroxyl groups is 1. The Balaban J connectivity index is 2.38. The van der Waals surface area contributed by atoms with Crippen molar-refractivity contribution in [1.29, 1.82) is 5.26 Å². The van der Waals surface area contributed by atoms with Gasteiger partial charge in [-0.1, -0.05) is 13.8 Å². The average molecular weight is 139 g/mol. The average Bonchev–Trinajstić information content (AvgIpc) is 1.80. The molecule has 0 spiro atoms. The zero-order valence-electron chi connectivity index (χ0n) is 6.46. The van der Waals surface area contributed by atoms with E-state index >= 15 is 0 Å². The Morgan fingerprint density at radius 3 is 2.40 bits per heavy atom. The van der Waals surface area contributed by atoms with Crippen LogP contribution in [0.4, 0.5) is 0 Å². The van der Waals surface area contributed by atoms with Crippen LogP contribution in [0, 0.1) is 23.2 Å². The third-order valence-corrected chi connectivity index (χ3v) is 2.35. The lowest BCUT2D eigenvalue weighted by Gasteiger charge is -2.40. The zero-order chi connectivity index (χ0) is 7.78. The molecule has 1 fully saturated rings. The van der Waals surface area contributed by atoms with Crippen LogP contribution in [-0.4, -0.2) is 10.7 Å². The van der Waals surface area contributed by atoms with Gasteiger partial charge in [0.25, 0.3) is 0 Å². The van der Waals surface area contributed by atoms with Gasteiger partial charge in [-0.3, -0.25) is 0 Å². The van der Waals surface area contributed by atoms with Crippen LogP contribution in [0.25, 0.3) is 0 Å². The van der Waals surface area contributed by atoms with Gasteiger partial charge in [-0.05, 0) is 24.7 Å². The van der Waals surface area contributed by atoms with Gasteiger partial charge in [-0.2, -0.15) is 5.26 Å². The molecule has 1 N–H and O–H groups in total. The summed E-state index contributed by atoms with van der Waals surface area (Å²) in [5.74, 6) is 1.17. The minimum Gasteiger partial charge on any atom is -0.375 e. The van der Waals surface area contributed by atoms with Gasteiger partial charge in [0.2, 0.25) is 0 Å². The summed E-state index contributed by atoms with van der Waals surface area (Å²) in [5.41, 5.74) is -0.977. The second-order valence-corrected chi connectivity index (χ2v) is 3.56. The molecule has 0 amide bonds. The molecule has 0 saturated heterocycles. The molecule has 0 atom stereocenters. The highest BCUT2D eigenvalue weighted by Gasteiger charge is 2.43. The van der Waals surface area contributed by atoms with Gasteiger partial charge in [-0.25, -0.2) is 0 Å². The van der Waals surface area contributed by atoms with Crippen LogP contribution in [0.15, 0.2) is 0 Å². The fourth-order valence-corrected chi connectivity index (χ4v) is 1.37. The topological polar surface area (TPSA) is 44.0 Å². The number of hydrogen-bond acceptors (Lipinski definition) is 2. The Morgan fingerprint density at radius 2 is 2.10 bits per heavy atom. The van der Waals surface area contributed by atoms with Crippen molar-refractivity contribution in [3.63, 3.8) is 0 Å². The SMILES string of the molecule is CC(C)C1CC(O)(C#N)C1. The molecule has 1 rings (SSSR count). The first-order valence-corrected chi connectivity index (χ1v) is 3.71. The molecule has 56 valence electrons.